The highest BCUT2D eigenvalue weighted by molar-refractivity contribution is 7.92. The number of aryl methyl sites for hydroxylation is 3. The molecule has 1 heterocycles. The van der Waals surface area contributed by atoms with Crippen molar-refractivity contribution in [1.29, 1.82) is 0 Å². The summed E-state index contributed by atoms with van der Waals surface area (Å²) in [5, 5.41) is 4.10. The molecule has 1 amide bonds. The van der Waals surface area contributed by atoms with Crippen molar-refractivity contribution in [3.8, 4) is 0 Å². The van der Waals surface area contributed by atoms with Crippen molar-refractivity contribution in [1.82, 2.24) is 14.7 Å². The third kappa shape index (κ3) is 4.83. The van der Waals surface area contributed by atoms with Crippen molar-refractivity contribution < 1.29 is 13.2 Å². The molecule has 0 aliphatic heterocycles. The predicted octanol–water partition coefficient (Wildman–Crippen LogP) is 3.11. The third-order valence-corrected chi connectivity index (χ3v) is 5.92. The maximum absolute atomic E-state index is 12.9. The van der Waals surface area contributed by atoms with E-state index in [1.54, 1.807) is 54.0 Å². The SMILES string of the molecule is Cc1cccc(NS(=O)(=O)c2ccc(C)c(C(=O)N(C)Cc3cnn(C)c3)c2)c1. The van der Waals surface area contributed by atoms with Gasteiger partial charge in [-0.05, 0) is 49.2 Å². The van der Waals surface area contributed by atoms with Crippen molar-refractivity contribution in [2.75, 3.05) is 11.8 Å². The summed E-state index contributed by atoms with van der Waals surface area (Å²) in [6, 6.07) is 11.7. The first kappa shape index (κ1) is 20.6. The number of carbonyl (C=O) groups is 1. The van der Waals surface area contributed by atoms with E-state index < -0.39 is 10.0 Å². The molecule has 0 atom stereocenters. The smallest absolute Gasteiger partial charge is 0.261 e. The van der Waals surface area contributed by atoms with E-state index in [1.165, 1.54) is 12.1 Å². The molecule has 0 unspecified atom stereocenters. The fourth-order valence-electron chi connectivity index (χ4n) is 3.03. The van der Waals surface area contributed by atoms with Crippen molar-refractivity contribution in [2.45, 2.75) is 25.3 Å². The summed E-state index contributed by atoms with van der Waals surface area (Å²) in [5.74, 6) is -0.251. The van der Waals surface area contributed by atoms with Gasteiger partial charge in [0.25, 0.3) is 15.9 Å². The van der Waals surface area contributed by atoms with Gasteiger partial charge >= 0.3 is 0 Å². The van der Waals surface area contributed by atoms with Crippen LogP contribution in [0.4, 0.5) is 5.69 Å². The standard InChI is InChI=1S/C21H24N4O3S/c1-15-6-5-7-18(10-15)23-29(27,28)19-9-8-16(2)20(11-19)21(26)24(3)13-17-12-22-25(4)14-17/h5-12,14,23H,13H2,1-4H3. The maximum atomic E-state index is 12.9. The normalized spacial score (nSPS) is 11.3. The van der Waals surface area contributed by atoms with Gasteiger partial charge in [0.2, 0.25) is 0 Å². The number of carbonyl (C=O) groups excluding carboxylic acids is 1. The summed E-state index contributed by atoms with van der Waals surface area (Å²) < 4.78 is 29.9. The summed E-state index contributed by atoms with van der Waals surface area (Å²) in [5.41, 5.74) is 3.38. The zero-order valence-corrected chi connectivity index (χ0v) is 17.7. The van der Waals surface area contributed by atoms with Gasteiger partial charge in [-0.1, -0.05) is 18.2 Å². The summed E-state index contributed by atoms with van der Waals surface area (Å²) in [4.78, 5) is 14.5. The second-order valence-electron chi connectivity index (χ2n) is 7.14. The molecule has 7 nitrogen and oxygen atoms in total. The second-order valence-corrected chi connectivity index (χ2v) is 8.82. The highest BCUT2D eigenvalue weighted by atomic mass is 32.2. The Balaban J connectivity index is 1.85. The van der Waals surface area contributed by atoms with E-state index in [2.05, 4.69) is 9.82 Å². The second kappa shape index (κ2) is 8.08. The highest BCUT2D eigenvalue weighted by Gasteiger charge is 2.20. The van der Waals surface area contributed by atoms with Crippen molar-refractivity contribution in [2.24, 2.45) is 7.05 Å². The highest BCUT2D eigenvalue weighted by Crippen LogP contribution is 2.21. The van der Waals surface area contributed by atoms with Gasteiger partial charge in [0.05, 0.1) is 11.1 Å². The molecule has 0 spiro atoms. The van der Waals surface area contributed by atoms with E-state index >= 15 is 0 Å². The molecule has 1 aromatic heterocycles. The lowest BCUT2D eigenvalue weighted by molar-refractivity contribution is 0.0784. The van der Waals surface area contributed by atoms with Gasteiger partial charge in [0.15, 0.2) is 0 Å². The molecule has 0 saturated carbocycles. The summed E-state index contributed by atoms with van der Waals surface area (Å²) in [6.45, 7) is 4.05. The molecule has 0 bridgehead atoms. The van der Waals surface area contributed by atoms with Gasteiger partial charge in [-0.15, -0.1) is 0 Å². The predicted molar refractivity (Wildman–Crippen MR) is 112 cm³/mol. The van der Waals surface area contributed by atoms with Crippen molar-refractivity contribution in [3.63, 3.8) is 0 Å². The van der Waals surface area contributed by atoms with E-state index in [0.29, 0.717) is 23.4 Å². The Kier molecular flexibility index (Phi) is 5.74. The summed E-state index contributed by atoms with van der Waals surface area (Å²) in [6.07, 6.45) is 3.53. The first-order valence-corrected chi connectivity index (χ1v) is 10.6. The molecule has 8 heteroatoms. The van der Waals surface area contributed by atoms with Gasteiger partial charge < -0.3 is 4.90 Å². The van der Waals surface area contributed by atoms with Crippen LogP contribution in [0.5, 0.6) is 0 Å². The number of anilines is 1. The maximum Gasteiger partial charge on any atom is 0.261 e. The van der Waals surface area contributed by atoms with Gasteiger partial charge in [0, 0.05) is 43.7 Å². The van der Waals surface area contributed by atoms with Gasteiger partial charge in [-0.25, -0.2) is 8.42 Å². The minimum absolute atomic E-state index is 0.0442. The monoisotopic (exact) mass is 412 g/mol. The van der Waals surface area contributed by atoms with Crippen LogP contribution in [0.3, 0.4) is 0 Å². The van der Waals surface area contributed by atoms with Crippen LogP contribution in [0.1, 0.15) is 27.0 Å². The molecule has 0 fully saturated rings. The Morgan fingerprint density at radius 2 is 1.93 bits per heavy atom. The minimum Gasteiger partial charge on any atom is -0.337 e. The quantitative estimate of drug-likeness (QED) is 0.674. The molecule has 1 N–H and O–H groups in total. The summed E-state index contributed by atoms with van der Waals surface area (Å²) >= 11 is 0. The average molecular weight is 413 g/mol. The molecule has 0 aliphatic rings. The molecule has 0 aliphatic carbocycles. The molecule has 3 rings (SSSR count). The van der Waals surface area contributed by atoms with Crippen LogP contribution in [-0.4, -0.2) is 36.1 Å². The Morgan fingerprint density at radius 1 is 1.17 bits per heavy atom. The van der Waals surface area contributed by atoms with Crippen molar-refractivity contribution >= 4 is 21.6 Å². The van der Waals surface area contributed by atoms with E-state index in [1.807, 2.05) is 26.2 Å². The third-order valence-electron chi connectivity index (χ3n) is 4.54. The number of nitrogens with zero attached hydrogens (tertiary/aromatic N) is 3. The molecular formula is C21H24N4O3S. The van der Waals surface area contributed by atoms with E-state index in [9.17, 15) is 13.2 Å². The number of amides is 1. The van der Waals surface area contributed by atoms with Crippen molar-refractivity contribution in [3.05, 3.63) is 77.1 Å². The molecule has 0 radical (unpaired) electrons. The van der Waals surface area contributed by atoms with Crippen LogP contribution in [0.25, 0.3) is 0 Å². The number of rotatable bonds is 6. The van der Waals surface area contributed by atoms with Crippen LogP contribution in [0.15, 0.2) is 59.8 Å². The minimum atomic E-state index is -3.82. The average Bonchev–Trinajstić information content (AvgIpc) is 3.05. The molecule has 2 aromatic carbocycles. The van der Waals surface area contributed by atoms with E-state index in [4.69, 9.17) is 0 Å². The fourth-order valence-corrected chi connectivity index (χ4v) is 4.10. The lowest BCUT2D eigenvalue weighted by Gasteiger charge is -2.18. The van der Waals surface area contributed by atoms with Gasteiger partial charge in [0.1, 0.15) is 0 Å². The van der Waals surface area contributed by atoms with E-state index in [0.717, 1.165) is 11.1 Å². The summed E-state index contributed by atoms with van der Waals surface area (Å²) in [7, 11) is -0.326. The molecule has 152 valence electrons. The molecule has 0 saturated heterocycles. The molecule has 3 aromatic rings. The first-order valence-electron chi connectivity index (χ1n) is 9.09. The number of hydrogen-bond acceptors (Lipinski definition) is 4. The fraction of sp³-hybridized carbons (Fsp3) is 0.238. The number of aromatic nitrogens is 2. The van der Waals surface area contributed by atoms with Gasteiger partial charge in [-0.2, -0.15) is 5.10 Å². The zero-order chi connectivity index (χ0) is 21.2. The molecule has 29 heavy (non-hydrogen) atoms. The number of sulfonamides is 1. The van der Waals surface area contributed by atoms with Crippen LogP contribution < -0.4 is 4.72 Å². The lowest BCUT2D eigenvalue weighted by atomic mass is 10.1. The Hall–Kier alpha value is -3.13. The van der Waals surface area contributed by atoms with E-state index in [-0.39, 0.29) is 10.8 Å². The first-order chi connectivity index (χ1) is 13.7. The zero-order valence-electron chi connectivity index (χ0n) is 16.9. The number of benzene rings is 2. The topological polar surface area (TPSA) is 84.3 Å². The largest absolute Gasteiger partial charge is 0.337 e. The van der Waals surface area contributed by atoms with Crippen LogP contribution in [0, 0.1) is 13.8 Å². The molecular weight excluding hydrogens is 388 g/mol. The van der Waals surface area contributed by atoms with Crippen LogP contribution in [0.2, 0.25) is 0 Å². The Morgan fingerprint density at radius 3 is 2.59 bits per heavy atom. The number of hydrogen-bond donors (Lipinski definition) is 1. The lowest BCUT2D eigenvalue weighted by Crippen LogP contribution is -2.27. The Bertz CT molecular complexity index is 1150. The van der Waals surface area contributed by atoms with Crippen LogP contribution >= 0.6 is 0 Å². The van der Waals surface area contributed by atoms with Gasteiger partial charge in [-0.3, -0.25) is 14.2 Å². The van der Waals surface area contributed by atoms with Crippen LogP contribution in [-0.2, 0) is 23.6 Å². The number of nitrogens with one attached hydrogen (secondary N) is 1. The Labute approximate surface area is 171 Å².